The van der Waals surface area contributed by atoms with Crippen molar-refractivity contribution in [3.05, 3.63) is 48.7 Å². The number of nitrogens with one attached hydrogen (secondary N) is 2. The van der Waals surface area contributed by atoms with Crippen molar-refractivity contribution in [2.75, 3.05) is 23.8 Å². The first-order valence-electron chi connectivity index (χ1n) is 7.95. The number of rotatable bonds is 9. The van der Waals surface area contributed by atoms with Crippen molar-refractivity contribution >= 4 is 17.4 Å². The molecule has 5 heteroatoms. The highest BCUT2D eigenvalue weighted by molar-refractivity contribution is 5.91. The van der Waals surface area contributed by atoms with Crippen LogP contribution >= 0.6 is 0 Å². The molecule has 0 unspecified atom stereocenters. The van der Waals surface area contributed by atoms with E-state index in [9.17, 15) is 4.79 Å². The quantitative estimate of drug-likeness (QED) is 0.693. The number of ether oxygens (including phenoxy) is 1. The highest BCUT2D eigenvalue weighted by Crippen LogP contribution is 2.11. The minimum Gasteiger partial charge on any atom is -0.484 e. The SMILES string of the molecule is CCCCCNc1ccc(NC(=O)COc2ccccc2)cn1. The summed E-state index contributed by atoms with van der Waals surface area (Å²) in [6.07, 6.45) is 5.18. The predicted octanol–water partition coefficient (Wildman–Crippen LogP) is 3.70. The van der Waals surface area contributed by atoms with E-state index >= 15 is 0 Å². The monoisotopic (exact) mass is 313 g/mol. The molecule has 0 aliphatic heterocycles. The zero-order valence-electron chi connectivity index (χ0n) is 13.4. The molecule has 0 fully saturated rings. The molecule has 1 aromatic carbocycles. The molecule has 0 atom stereocenters. The number of anilines is 2. The molecule has 1 heterocycles. The second-order valence-electron chi connectivity index (χ2n) is 5.22. The third kappa shape index (κ3) is 6.38. The first kappa shape index (κ1) is 16.8. The highest BCUT2D eigenvalue weighted by atomic mass is 16.5. The number of hydrogen-bond donors (Lipinski definition) is 2. The van der Waals surface area contributed by atoms with Gasteiger partial charge in [0.2, 0.25) is 0 Å². The maximum absolute atomic E-state index is 11.8. The van der Waals surface area contributed by atoms with Crippen LogP contribution < -0.4 is 15.4 Å². The molecule has 0 aliphatic rings. The zero-order valence-corrected chi connectivity index (χ0v) is 13.4. The van der Waals surface area contributed by atoms with E-state index in [1.807, 2.05) is 42.5 Å². The van der Waals surface area contributed by atoms with Gasteiger partial charge in [-0.2, -0.15) is 0 Å². The van der Waals surface area contributed by atoms with Gasteiger partial charge in [-0.25, -0.2) is 4.98 Å². The largest absolute Gasteiger partial charge is 0.484 e. The molecule has 1 aromatic heterocycles. The lowest BCUT2D eigenvalue weighted by Gasteiger charge is -2.08. The summed E-state index contributed by atoms with van der Waals surface area (Å²) >= 11 is 0. The topological polar surface area (TPSA) is 63.2 Å². The van der Waals surface area contributed by atoms with Gasteiger partial charge in [-0.1, -0.05) is 38.0 Å². The van der Waals surface area contributed by atoms with Crippen LogP contribution in [0.5, 0.6) is 5.75 Å². The third-order valence-electron chi connectivity index (χ3n) is 3.25. The van der Waals surface area contributed by atoms with Crippen LogP contribution in [0.15, 0.2) is 48.7 Å². The highest BCUT2D eigenvalue weighted by Gasteiger charge is 2.04. The molecule has 0 aliphatic carbocycles. The average Bonchev–Trinajstić information content (AvgIpc) is 2.59. The second-order valence-corrected chi connectivity index (χ2v) is 5.22. The number of pyridine rings is 1. The Hall–Kier alpha value is -2.56. The van der Waals surface area contributed by atoms with E-state index in [0.717, 1.165) is 18.8 Å². The Morgan fingerprint density at radius 2 is 1.96 bits per heavy atom. The Morgan fingerprint density at radius 3 is 2.65 bits per heavy atom. The number of carbonyl (C=O) groups excluding carboxylic acids is 1. The van der Waals surface area contributed by atoms with Crippen LogP contribution in [0.1, 0.15) is 26.2 Å². The van der Waals surface area contributed by atoms with E-state index in [1.165, 1.54) is 12.8 Å². The number of unbranched alkanes of at least 4 members (excludes halogenated alkanes) is 2. The van der Waals surface area contributed by atoms with E-state index in [2.05, 4.69) is 22.5 Å². The van der Waals surface area contributed by atoms with Crippen molar-refractivity contribution in [2.45, 2.75) is 26.2 Å². The van der Waals surface area contributed by atoms with Crippen molar-refractivity contribution in [3.63, 3.8) is 0 Å². The van der Waals surface area contributed by atoms with Crippen molar-refractivity contribution in [1.82, 2.24) is 4.98 Å². The molecule has 122 valence electrons. The molecule has 0 saturated carbocycles. The fourth-order valence-electron chi connectivity index (χ4n) is 2.03. The van der Waals surface area contributed by atoms with Gasteiger partial charge in [-0.05, 0) is 30.7 Å². The molecule has 0 saturated heterocycles. The molecule has 2 rings (SSSR count). The van der Waals surface area contributed by atoms with Gasteiger partial charge in [0.25, 0.3) is 5.91 Å². The summed E-state index contributed by atoms with van der Waals surface area (Å²) in [5.74, 6) is 1.28. The summed E-state index contributed by atoms with van der Waals surface area (Å²) in [6, 6.07) is 12.9. The van der Waals surface area contributed by atoms with E-state index in [1.54, 1.807) is 6.20 Å². The van der Waals surface area contributed by atoms with Gasteiger partial charge in [0.1, 0.15) is 11.6 Å². The Labute approximate surface area is 137 Å². The Morgan fingerprint density at radius 1 is 1.13 bits per heavy atom. The fraction of sp³-hybridized carbons (Fsp3) is 0.333. The molecular weight excluding hydrogens is 290 g/mol. The number of carbonyl (C=O) groups is 1. The zero-order chi connectivity index (χ0) is 16.3. The lowest BCUT2D eigenvalue weighted by molar-refractivity contribution is -0.118. The number of benzene rings is 1. The normalized spacial score (nSPS) is 10.1. The van der Waals surface area contributed by atoms with Crippen LogP contribution in [0.25, 0.3) is 0 Å². The summed E-state index contributed by atoms with van der Waals surface area (Å²) in [6.45, 7) is 3.07. The van der Waals surface area contributed by atoms with Gasteiger partial charge in [-0.3, -0.25) is 4.79 Å². The molecule has 0 spiro atoms. The molecule has 2 N–H and O–H groups in total. The molecule has 23 heavy (non-hydrogen) atoms. The van der Waals surface area contributed by atoms with Gasteiger partial charge in [-0.15, -0.1) is 0 Å². The van der Waals surface area contributed by atoms with Crippen LogP contribution in [0.2, 0.25) is 0 Å². The minimum atomic E-state index is -0.209. The molecule has 2 aromatic rings. The third-order valence-corrected chi connectivity index (χ3v) is 3.25. The van der Waals surface area contributed by atoms with Gasteiger partial charge in [0.05, 0.1) is 11.9 Å². The fourth-order valence-corrected chi connectivity index (χ4v) is 2.03. The van der Waals surface area contributed by atoms with Crippen LogP contribution in [-0.4, -0.2) is 24.0 Å². The summed E-state index contributed by atoms with van der Waals surface area (Å²) in [4.78, 5) is 16.1. The summed E-state index contributed by atoms with van der Waals surface area (Å²) < 4.78 is 5.40. The number of amides is 1. The summed E-state index contributed by atoms with van der Waals surface area (Å²) in [7, 11) is 0. The number of nitrogens with zero attached hydrogens (tertiary/aromatic N) is 1. The van der Waals surface area contributed by atoms with Crippen molar-refractivity contribution in [2.24, 2.45) is 0 Å². The molecule has 0 radical (unpaired) electrons. The molecular formula is C18H23N3O2. The first-order valence-corrected chi connectivity index (χ1v) is 7.95. The van der Waals surface area contributed by atoms with E-state index in [-0.39, 0.29) is 12.5 Å². The van der Waals surface area contributed by atoms with Gasteiger partial charge in [0.15, 0.2) is 6.61 Å². The van der Waals surface area contributed by atoms with Crippen molar-refractivity contribution in [3.8, 4) is 5.75 Å². The Bertz CT molecular complexity index is 585. The molecule has 1 amide bonds. The number of aromatic nitrogens is 1. The van der Waals surface area contributed by atoms with Gasteiger partial charge < -0.3 is 15.4 Å². The molecule has 5 nitrogen and oxygen atoms in total. The van der Waals surface area contributed by atoms with E-state index in [0.29, 0.717) is 11.4 Å². The second kappa shape index (κ2) is 9.46. The maximum atomic E-state index is 11.8. The first-order chi connectivity index (χ1) is 11.3. The van der Waals surface area contributed by atoms with Gasteiger partial charge >= 0.3 is 0 Å². The number of hydrogen-bond acceptors (Lipinski definition) is 4. The summed E-state index contributed by atoms with van der Waals surface area (Å²) in [5.41, 5.74) is 0.658. The minimum absolute atomic E-state index is 0.0268. The average molecular weight is 313 g/mol. The standard InChI is InChI=1S/C18H23N3O2/c1-2-3-7-12-19-17-11-10-15(13-20-17)21-18(22)14-23-16-8-5-4-6-9-16/h4-6,8-11,13H,2-3,7,12,14H2,1H3,(H,19,20)(H,21,22). The Kier molecular flexibility index (Phi) is 6.91. The lowest BCUT2D eigenvalue weighted by atomic mass is 10.2. The van der Waals surface area contributed by atoms with Crippen LogP contribution in [0.3, 0.4) is 0 Å². The van der Waals surface area contributed by atoms with Crippen LogP contribution in [0.4, 0.5) is 11.5 Å². The van der Waals surface area contributed by atoms with Gasteiger partial charge in [0, 0.05) is 6.54 Å². The summed E-state index contributed by atoms with van der Waals surface area (Å²) in [5, 5.41) is 6.02. The van der Waals surface area contributed by atoms with Crippen LogP contribution in [-0.2, 0) is 4.79 Å². The smallest absolute Gasteiger partial charge is 0.262 e. The Balaban J connectivity index is 1.73. The van der Waals surface area contributed by atoms with E-state index in [4.69, 9.17) is 4.74 Å². The molecule has 0 bridgehead atoms. The van der Waals surface area contributed by atoms with Crippen molar-refractivity contribution < 1.29 is 9.53 Å². The van der Waals surface area contributed by atoms with Crippen LogP contribution in [0, 0.1) is 0 Å². The van der Waals surface area contributed by atoms with Crippen molar-refractivity contribution in [1.29, 1.82) is 0 Å². The maximum Gasteiger partial charge on any atom is 0.262 e. The lowest BCUT2D eigenvalue weighted by Crippen LogP contribution is -2.20. The van der Waals surface area contributed by atoms with E-state index < -0.39 is 0 Å². The number of para-hydroxylation sites is 1. The predicted molar refractivity (Wildman–Crippen MR) is 92.8 cm³/mol.